The van der Waals surface area contributed by atoms with Crippen molar-refractivity contribution < 1.29 is 4.79 Å². The number of benzene rings is 2. The zero-order valence-corrected chi connectivity index (χ0v) is 11.6. The second-order valence-electron chi connectivity index (χ2n) is 4.96. The van der Waals surface area contributed by atoms with Crippen molar-refractivity contribution in [1.29, 1.82) is 0 Å². The summed E-state index contributed by atoms with van der Waals surface area (Å²) >= 11 is 1.41. The number of ketones is 1. The van der Waals surface area contributed by atoms with Crippen molar-refractivity contribution in [3.05, 3.63) is 68.7 Å². The normalized spacial score (nSPS) is 12.6. The highest BCUT2D eigenvalue weighted by Gasteiger charge is 2.31. The van der Waals surface area contributed by atoms with Crippen LogP contribution in [-0.2, 0) is 0 Å². The zero-order chi connectivity index (χ0) is 13.9. The minimum atomic E-state index is -0.0317. The lowest BCUT2D eigenvalue weighted by Gasteiger charge is -2.04. The van der Waals surface area contributed by atoms with E-state index in [0.29, 0.717) is 21.4 Å². The molecule has 4 rings (SSSR count). The first-order valence-corrected chi connectivity index (χ1v) is 7.20. The Bertz CT molecular complexity index is 951. The van der Waals surface area contributed by atoms with E-state index < -0.39 is 0 Å². The number of hydrogen-bond donors (Lipinski definition) is 0. The SMILES string of the molecule is Cc1cccc2c1-c1c(sc3ccccc3c1=O)C2=O. The van der Waals surface area contributed by atoms with E-state index in [1.165, 1.54) is 11.3 Å². The third-order valence-corrected chi connectivity index (χ3v) is 4.94. The smallest absolute Gasteiger partial charge is 0.204 e. The van der Waals surface area contributed by atoms with E-state index >= 15 is 0 Å². The van der Waals surface area contributed by atoms with E-state index in [-0.39, 0.29) is 11.2 Å². The van der Waals surface area contributed by atoms with Crippen molar-refractivity contribution in [2.45, 2.75) is 6.92 Å². The van der Waals surface area contributed by atoms with Gasteiger partial charge in [-0.1, -0.05) is 30.3 Å². The van der Waals surface area contributed by atoms with E-state index in [1.54, 1.807) is 0 Å². The summed E-state index contributed by atoms with van der Waals surface area (Å²) in [5.41, 5.74) is 3.01. The molecule has 1 aliphatic rings. The summed E-state index contributed by atoms with van der Waals surface area (Å²) in [5.74, 6) is -0.0217. The Morgan fingerprint density at radius 1 is 0.900 bits per heavy atom. The largest absolute Gasteiger partial charge is 0.288 e. The average molecular weight is 278 g/mol. The first kappa shape index (κ1) is 11.6. The third kappa shape index (κ3) is 1.33. The van der Waals surface area contributed by atoms with E-state index in [2.05, 4.69) is 0 Å². The van der Waals surface area contributed by atoms with Crippen LogP contribution < -0.4 is 5.43 Å². The van der Waals surface area contributed by atoms with Gasteiger partial charge in [-0.3, -0.25) is 9.59 Å². The van der Waals surface area contributed by atoms with Gasteiger partial charge in [-0.25, -0.2) is 0 Å². The molecule has 3 heteroatoms. The van der Waals surface area contributed by atoms with Crippen LogP contribution in [0.3, 0.4) is 0 Å². The molecule has 0 saturated carbocycles. The minimum absolute atomic E-state index is 0.0217. The van der Waals surface area contributed by atoms with E-state index in [4.69, 9.17) is 0 Å². The van der Waals surface area contributed by atoms with E-state index in [1.807, 2.05) is 49.4 Å². The molecular weight excluding hydrogens is 268 g/mol. The fraction of sp³-hybridized carbons (Fsp3) is 0.0588. The van der Waals surface area contributed by atoms with Crippen molar-refractivity contribution >= 4 is 27.2 Å². The standard InChI is InChI=1S/C17H10O2S/c1-9-5-4-7-11-13(9)14-15(18)10-6-2-3-8-12(10)20-17(14)16(11)19/h2-8H,1H3. The second kappa shape index (κ2) is 3.87. The molecule has 1 heterocycles. The number of carbonyl (C=O) groups is 1. The summed E-state index contributed by atoms with van der Waals surface area (Å²) in [6.45, 7) is 1.94. The Morgan fingerprint density at radius 2 is 1.70 bits per heavy atom. The number of rotatable bonds is 0. The van der Waals surface area contributed by atoms with Crippen LogP contribution in [0.1, 0.15) is 20.8 Å². The monoisotopic (exact) mass is 278 g/mol. The molecule has 0 N–H and O–H groups in total. The predicted octanol–water partition coefficient (Wildman–Crippen LogP) is 3.78. The van der Waals surface area contributed by atoms with Crippen LogP contribution in [0.25, 0.3) is 21.2 Å². The van der Waals surface area contributed by atoms with Crippen LogP contribution in [0.5, 0.6) is 0 Å². The van der Waals surface area contributed by atoms with Crippen LogP contribution in [0.15, 0.2) is 47.3 Å². The van der Waals surface area contributed by atoms with Crippen LogP contribution in [0.4, 0.5) is 0 Å². The summed E-state index contributed by atoms with van der Waals surface area (Å²) < 4.78 is 0.870. The summed E-state index contributed by atoms with van der Waals surface area (Å²) in [6, 6.07) is 13.1. The van der Waals surface area contributed by atoms with Crippen molar-refractivity contribution in [2.24, 2.45) is 0 Å². The second-order valence-corrected chi connectivity index (χ2v) is 6.01. The first-order valence-electron chi connectivity index (χ1n) is 6.39. The van der Waals surface area contributed by atoms with Crippen LogP contribution in [-0.4, -0.2) is 5.78 Å². The fourth-order valence-electron chi connectivity index (χ4n) is 2.84. The Morgan fingerprint density at radius 3 is 2.55 bits per heavy atom. The molecule has 3 aromatic rings. The van der Waals surface area contributed by atoms with Crippen LogP contribution in [0, 0.1) is 6.92 Å². The van der Waals surface area contributed by atoms with Gasteiger partial charge in [-0.2, -0.15) is 0 Å². The molecule has 0 unspecified atom stereocenters. The summed E-state index contributed by atoms with van der Waals surface area (Å²) in [6.07, 6.45) is 0. The number of fused-ring (bicyclic) bond motifs is 4. The van der Waals surface area contributed by atoms with E-state index in [9.17, 15) is 9.59 Å². The predicted molar refractivity (Wildman–Crippen MR) is 81.7 cm³/mol. The molecule has 2 nitrogen and oxygen atoms in total. The molecule has 0 radical (unpaired) electrons. The van der Waals surface area contributed by atoms with Gasteiger partial charge in [0.15, 0.2) is 5.43 Å². The van der Waals surface area contributed by atoms with Gasteiger partial charge in [0, 0.05) is 21.2 Å². The first-order chi connectivity index (χ1) is 9.68. The highest BCUT2D eigenvalue weighted by atomic mass is 32.1. The molecule has 1 aliphatic carbocycles. The van der Waals surface area contributed by atoms with Gasteiger partial charge >= 0.3 is 0 Å². The van der Waals surface area contributed by atoms with Crippen LogP contribution in [0.2, 0.25) is 0 Å². The van der Waals surface area contributed by atoms with Crippen molar-refractivity contribution in [1.82, 2.24) is 0 Å². The molecule has 0 atom stereocenters. The molecule has 0 fully saturated rings. The fourth-order valence-corrected chi connectivity index (χ4v) is 3.98. The Kier molecular flexibility index (Phi) is 2.24. The molecule has 0 bridgehead atoms. The van der Waals surface area contributed by atoms with Gasteiger partial charge in [0.05, 0.1) is 10.4 Å². The third-order valence-electron chi connectivity index (χ3n) is 3.77. The van der Waals surface area contributed by atoms with Gasteiger partial charge in [-0.05, 0) is 24.6 Å². The lowest BCUT2D eigenvalue weighted by Crippen LogP contribution is -2.05. The lowest BCUT2D eigenvalue weighted by atomic mass is 10.0. The van der Waals surface area contributed by atoms with Crippen molar-refractivity contribution in [3.8, 4) is 11.1 Å². The molecule has 0 spiro atoms. The lowest BCUT2D eigenvalue weighted by molar-refractivity contribution is 0.104. The molecule has 96 valence electrons. The van der Waals surface area contributed by atoms with Crippen LogP contribution >= 0.6 is 11.3 Å². The molecule has 1 aromatic heterocycles. The topological polar surface area (TPSA) is 34.1 Å². The average Bonchev–Trinajstić information content (AvgIpc) is 2.75. The maximum Gasteiger partial charge on any atom is 0.204 e. The van der Waals surface area contributed by atoms with Gasteiger partial charge < -0.3 is 0 Å². The Balaban J connectivity index is 2.25. The maximum absolute atomic E-state index is 12.7. The highest BCUT2D eigenvalue weighted by molar-refractivity contribution is 7.21. The molecule has 0 amide bonds. The number of hydrogen-bond acceptors (Lipinski definition) is 3. The molecular formula is C17H10O2S. The zero-order valence-electron chi connectivity index (χ0n) is 10.8. The molecule has 0 saturated heterocycles. The molecule has 2 aromatic carbocycles. The van der Waals surface area contributed by atoms with E-state index in [0.717, 1.165) is 15.8 Å². The Hall–Kier alpha value is -2.26. The molecule has 0 aliphatic heterocycles. The number of aryl methyl sites for hydroxylation is 1. The highest BCUT2D eigenvalue weighted by Crippen LogP contribution is 2.40. The van der Waals surface area contributed by atoms with Gasteiger partial charge in [-0.15, -0.1) is 11.3 Å². The molecule has 20 heavy (non-hydrogen) atoms. The van der Waals surface area contributed by atoms with Gasteiger partial charge in [0.2, 0.25) is 5.78 Å². The maximum atomic E-state index is 12.7. The number of carbonyl (C=O) groups excluding carboxylic acids is 1. The summed E-state index contributed by atoms with van der Waals surface area (Å²) in [5, 5.41) is 0.695. The quantitative estimate of drug-likeness (QED) is 0.490. The van der Waals surface area contributed by atoms with Gasteiger partial charge in [0.25, 0.3) is 0 Å². The van der Waals surface area contributed by atoms with Crippen molar-refractivity contribution in [2.75, 3.05) is 0 Å². The minimum Gasteiger partial charge on any atom is -0.288 e. The van der Waals surface area contributed by atoms with Gasteiger partial charge in [0.1, 0.15) is 0 Å². The Labute approximate surface area is 119 Å². The summed E-state index contributed by atoms with van der Waals surface area (Å²) in [7, 11) is 0. The summed E-state index contributed by atoms with van der Waals surface area (Å²) in [4.78, 5) is 25.8. The van der Waals surface area contributed by atoms with Crippen molar-refractivity contribution in [3.63, 3.8) is 0 Å².